The summed E-state index contributed by atoms with van der Waals surface area (Å²) in [5.74, 6) is -1.25. The molecule has 10 nitrogen and oxygen atoms in total. The number of alkyl carbamates (subject to hydrolysis) is 1. The Morgan fingerprint density at radius 2 is 1.86 bits per heavy atom. The molecule has 1 heterocycles. The predicted molar refractivity (Wildman–Crippen MR) is 103 cm³/mol. The van der Waals surface area contributed by atoms with Crippen molar-refractivity contribution in [3.05, 3.63) is 48.3 Å². The summed E-state index contributed by atoms with van der Waals surface area (Å²) in [6.45, 7) is 5.05. The van der Waals surface area contributed by atoms with Gasteiger partial charge in [-0.25, -0.2) is 14.4 Å². The fourth-order valence-electron chi connectivity index (χ4n) is 2.23. The van der Waals surface area contributed by atoms with Crippen LogP contribution in [0.2, 0.25) is 0 Å². The van der Waals surface area contributed by atoms with Crippen LogP contribution in [0.1, 0.15) is 26.3 Å². The third-order valence-electron chi connectivity index (χ3n) is 3.45. The number of hydrogen-bond acceptors (Lipinski definition) is 6. The van der Waals surface area contributed by atoms with E-state index in [1.807, 2.05) is 6.07 Å². The van der Waals surface area contributed by atoms with Crippen molar-refractivity contribution in [1.82, 2.24) is 15.1 Å². The maximum atomic E-state index is 11.9. The van der Waals surface area contributed by atoms with Crippen LogP contribution in [0, 0.1) is 0 Å². The van der Waals surface area contributed by atoms with Gasteiger partial charge in [0, 0.05) is 6.20 Å². The van der Waals surface area contributed by atoms with Crippen molar-refractivity contribution < 1.29 is 29.0 Å². The third kappa shape index (κ3) is 7.91. The summed E-state index contributed by atoms with van der Waals surface area (Å²) in [7, 11) is 0. The zero-order valence-corrected chi connectivity index (χ0v) is 16.4. The summed E-state index contributed by atoms with van der Waals surface area (Å²) in [4.78, 5) is 35.1. The SMILES string of the molecule is CC(C)(C)OC(=O)Nc1cnn(CC(NC(=O)OCc2ccccc2)C(=O)O)c1. The van der Waals surface area contributed by atoms with E-state index in [4.69, 9.17) is 9.47 Å². The first-order valence-electron chi connectivity index (χ1n) is 8.85. The number of carbonyl (C=O) groups is 3. The number of hydrogen-bond donors (Lipinski definition) is 3. The van der Waals surface area contributed by atoms with Crippen molar-refractivity contribution in [1.29, 1.82) is 0 Å². The molecule has 0 radical (unpaired) electrons. The molecule has 10 heteroatoms. The second-order valence-electron chi connectivity index (χ2n) is 7.17. The van der Waals surface area contributed by atoms with Crippen molar-refractivity contribution >= 4 is 23.8 Å². The number of anilines is 1. The zero-order valence-electron chi connectivity index (χ0n) is 16.4. The molecule has 2 amide bonds. The molecule has 3 N–H and O–H groups in total. The number of nitrogens with one attached hydrogen (secondary N) is 2. The number of carbonyl (C=O) groups excluding carboxylic acids is 2. The topological polar surface area (TPSA) is 132 Å². The number of benzene rings is 1. The molecule has 1 aromatic heterocycles. The molecule has 0 bridgehead atoms. The van der Waals surface area contributed by atoms with Gasteiger partial charge in [0.1, 0.15) is 18.2 Å². The van der Waals surface area contributed by atoms with Gasteiger partial charge in [0.25, 0.3) is 0 Å². The summed E-state index contributed by atoms with van der Waals surface area (Å²) >= 11 is 0. The Balaban J connectivity index is 1.88. The van der Waals surface area contributed by atoms with Crippen LogP contribution < -0.4 is 10.6 Å². The summed E-state index contributed by atoms with van der Waals surface area (Å²) in [6, 6.07) is 7.73. The van der Waals surface area contributed by atoms with E-state index in [1.54, 1.807) is 45.0 Å². The minimum absolute atomic E-state index is 0.0186. The number of ether oxygens (including phenoxy) is 2. The van der Waals surface area contributed by atoms with Gasteiger partial charge in [-0.3, -0.25) is 10.00 Å². The molecular formula is C19H24N4O6. The molecule has 0 fully saturated rings. The average Bonchev–Trinajstić information content (AvgIpc) is 3.05. The van der Waals surface area contributed by atoms with Gasteiger partial charge in [0.05, 0.1) is 18.4 Å². The number of aliphatic carboxylic acids is 1. The zero-order chi connectivity index (χ0) is 21.4. The lowest BCUT2D eigenvalue weighted by molar-refractivity contribution is -0.139. The Morgan fingerprint density at radius 3 is 2.48 bits per heavy atom. The Morgan fingerprint density at radius 1 is 1.17 bits per heavy atom. The maximum absolute atomic E-state index is 11.9. The van der Waals surface area contributed by atoms with E-state index in [9.17, 15) is 19.5 Å². The number of aromatic nitrogens is 2. The van der Waals surface area contributed by atoms with Crippen molar-refractivity contribution in [2.75, 3.05) is 5.32 Å². The van der Waals surface area contributed by atoms with Crippen LogP contribution in [0.4, 0.5) is 15.3 Å². The molecule has 0 aliphatic carbocycles. The molecule has 29 heavy (non-hydrogen) atoms. The monoisotopic (exact) mass is 404 g/mol. The standard InChI is InChI=1S/C19H24N4O6/c1-19(2,3)29-18(27)21-14-9-20-23(10-14)11-15(16(24)25)22-17(26)28-12-13-7-5-4-6-8-13/h4-10,15H,11-12H2,1-3H3,(H,21,27)(H,22,26)(H,24,25). The average molecular weight is 404 g/mol. The lowest BCUT2D eigenvalue weighted by Gasteiger charge is -2.19. The summed E-state index contributed by atoms with van der Waals surface area (Å²) in [6.07, 6.45) is 1.25. The van der Waals surface area contributed by atoms with Gasteiger partial charge in [-0.1, -0.05) is 30.3 Å². The Hall–Kier alpha value is -3.56. The molecule has 0 spiro atoms. The number of carboxylic acid groups (broad SMARTS) is 1. The van der Waals surface area contributed by atoms with E-state index in [0.29, 0.717) is 5.69 Å². The van der Waals surface area contributed by atoms with Gasteiger partial charge in [0.2, 0.25) is 0 Å². The van der Waals surface area contributed by atoms with Gasteiger partial charge in [-0.05, 0) is 26.3 Å². The number of rotatable bonds is 7. The van der Waals surface area contributed by atoms with Crippen molar-refractivity contribution in [3.63, 3.8) is 0 Å². The summed E-state index contributed by atoms with van der Waals surface area (Å²) in [5, 5.41) is 18.1. The van der Waals surface area contributed by atoms with Crippen LogP contribution >= 0.6 is 0 Å². The third-order valence-corrected chi connectivity index (χ3v) is 3.45. The minimum atomic E-state index is -1.27. The van der Waals surface area contributed by atoms with E-state index in [-0.39, 0.29) is 13.2 Å². The molecule has 156 valence electrons. The highest BCUT2D eigenvalue weighted by Crippen LogP contribution is 2.11. The normalized spacial score (nSPS) is 12.0. The lowest BCUT2D eigenvalue weighted by atomic mass is 10.2. The van der Waals surface area contributed by atoms with Crippen LogP contribution in [-0.2, 0) is 27.4 Å². The number of nitrogens with zero attached hydrogens (tertiary/aromatic N) is 2. The quantitative estimate of drug-likeness (QED) is 0.646. The van der Waals surface area contributed by atoms with Crippen LogP contribution in [0.5, 0.6) is 0 Å². The molecule has 1 atom stereocenters. The molecule has 1 aromatic carbocycles. The van der Waals surface area contributed by atoms with Gasteiger partial charge in [-0.2, -0.15) is 5.10 Å². The Bertz CT molecular complexity index is 844. The van der Waals surface area contributed by atoms with Crippen LogP contribution in [0.15, 0.2) is 42.7 Å². The van der Waals surface area contributed by atoms with Crippen LogP contribution in [-0.4, -0.2) is 44.7 Å². The van der Waals surface area contributed by atoms with Gasteiger partial charge >= 0.3 is 18.2 Å². The van der Waals surface area contributed by atoms with Crippen LogP contribution in [0.3, 0.4) is 0 Å². The first-order chi connectivity index (χ1) is 13.6. The number of carboxylic acids is 1. The van der Waals surface area contributed by atoms with E-state index >= 15 is 0 Å². The molecule has 0 saturated heterocycles. The first-order valence-corrected chi connectivity index (χ1v) is 8.85. The van der Waals surface area contributed by atoms with Crippen molar-refractivity contribution in [3.8, 4) is 0 Å². The Labute approximate surface area is 167 Å². The molecular weight excluding hydrogens is 380 g/mol. The highest BCUT2D eigenvalue weighted by Gasteiger charge is 2.22. The molecule has 0 aliphatic heterocycles. The van der Waals surface area contributed by atoms with Crippen molar-refractivity contribution in [2.24, 2.45) is 0 Å². The van der Waals surface area contributed by atoms with E-state index < -0.39 is 29.8 Å². The first kappa shape index (κ1) is 21.7. The van der Waals surface area contributed by atoms with Gasteiger partial charge < -0.3 is 19.9 Å². The molecule has 2 aromatic rings. The largest absolute Gasteiger partial charge is 0.480 e. The van der Waals surface area contributed by atoms with E-state index in [0.717, 1.165) is 5.56 Å². The van der Waals surface area contributed by atoms with Crippen LogP contribution in [0.25, 0.3) is 0 Å². The van der Waals surface area contributed by atoms with E-state index in [2.05, 4.69) is 15.7 Å². The molecule has 2 rings (SSSR count). The molecule has 0 aliphatic rings. The Kier molecular flexibility index (Phi) is 7.18. The highest BCUT2D eigenvalue weighted by atomic mass is 16.6. The minimum Gasteiger partial charge on any atom is -0.480 e. The van der Waals surface area contributed by atoms with Gasteiger partial charge in [0.15, 0.2) is 0 Å². The molecule has 1 unspecified atom stereocenters. The smallest absolute Gasteiger partial charge is 0.412 e. The fourth-order valence-corrected chi connectivity index (χ4v) is 2.23. The van der Waals surface area contributed by atoms with E-state index in [1.165, 1.54) is 17.1 Å². The fraction of sp³-hybridized carbons (Fsp3) is 0.368. The predicted octanol–water partition coefficient (Wildman–Crippen LogP) is 2.61. The summed E-state index contributed by atoms with van der Waals surface area (Å²) < 4.78 is 11.4. The number of amides is 2. The summed E-state index contributed by atoms with van der Waals surface area (Å²) in [5.41, 5.74) is 0.452. The van der Waals surface area contributed by atoms with Crippen molar-refractivity contribution in [2.45, 2.75) is 45.6 Å². The highest BCUT2D eigenvalue weighted by molar-refractivity contribution is 5.84. The molecule has 0 saturated carbocycles. The maximum Gasteiger partial charge on any atom is 0.412 e. The second-order valence-corrected chi connectivity index (χ2v) is 7.17. The lowest BCUT2D eigenvalue weighted by Crippen LogP contribution is -2.44. The van der Waals surface area contributed by atoms with Gasteiger partial charge in [-0.15, -0.1) is 0 Å². The second kappa shape index (κ2) is 9.58.